The van der Waals surface area contributed by atoms with Gasteiger partial charge in [-0.25, -0.2) is 4.79 Å². The van der Waals surface area contributed by atoms with Crippen LogP contribution >= 0.6 is 0 Å². The van der Waals surface area contributed by atoms with Gasteiger partial charge in [-0.1, -0.05) is 92.7 Å². The molecule has 0 spiro atoms. The van der Waals surface area contributed by atoms with Gasteiger partial charge in [0.05, 0.1) is 0 Å². The molecule has 4 amide bonds. The Hall–Kier alpha value is -4.99. The summed E-state index contributed by atoms with van der Waals surface area (Å²) in [5.41, 5.74) is 1.99. The molecule has 10 nitrogen and oxygen atoms in total. The van der Waals surface area contributed by atoms with E-state index in [0.29, 0.717) is 18.3 Å². The maximum atomic E-state index is 13.4. The SMILES string of the molecule is CC(C)C[C@H](NC(=O)OCc1ccccc1)C(=O)N[C@@H](Cc1ccccc1)C(=O)N[C@H](C=O)CNC(=O)c1ccccc1. The van der Waals surface area contributed by atoms with Crippen molar-refractivity contribution in [3.8, 4) is 0 Å². The van der Waals surface area contributed by atoms with Gasteiger partial charge >= 0.3 is 6.09 Å². The molecule has 0 aliphatic heterocycles. The van der Waals surface area contributed by atoms with Crippen LogP contribution in [0.4, 0.5) is 4.79 Å². The first-order chi connectivity index (χ1) is 20.7. The Balaban J connectivity index is 1.67. The minimum atomic E-state index is -1.07. The van der Waals surface area contributed by atoms with Crippen molar-refractivity contribution < 1.29 is 28.7 Å². The normalized spacial score (nSPS) is 12.7. The summed E-state index contributed by atoms with van der Waals surface area (Å²) in [6.45, 7) is 3.71. The Morgan fingerprint density at radius 2 is 1.28 bits per heavy atom. The fourth-order valence-electron chi connectivity index (χ4n) is 4.25. The Morgan fingerprint density at radius 3 is 1.86 bits per heavy atom. The van der Waals surface area contributed by atoms with E-state index < -0.39 is 41.9 Å². The predicted molar refractivity (Wildman–Crippen MR) is 162 cm³/mol. The summed E-state index contributed by atoms with van der Waals surface area (Å²) < 4.78 is 5.30. The lowest BCUT2D eigenvalue weighted by atomic mass is 10.0. The predicted octanol–water partition coefficient (Wildman–Crippen LogP) is 3.17. The number of carbonyl (C=O) groups excluding carboxylic acids is 5. The second kappa shape index (κ2) is 17.1. The highest BCUT2D eigenvalue weighted by molar-refractivity contribution is 5.95. The van der Waals surface area contributed by atoms with Gasteiger partial charge in [0.1, 0.15) is 31.0 Å². The molecule has 0 heterocycles. The molecule has 0 aromatic heterocycles. The van der Waals surface area contributed by atoms with E-state index in [0.717, 1.165) is 11.1 Å². The van der Waals surface area contributed by atoms with Crippen LogP contribution in [-0.2, 0) is 32.1 Å². The molecule has 0 unspecified atom stereocenters. The largest absolute Gasteiger partial charge is 0.445 e. The molecule has 43 heavy (non-hydrogen) atoms. The molecule has 4 N–H and O–H groups in total. The van der Waals surface area contributed by atoms with Crippen LogP contribution in [0.5, 0.6) is 0 Å². The number of rotatable bonds is 15. The molecule has 3 rings (SSSR count). The molecule has 10 heteroatoms. The van der Waals surface area contributed by atoms with Gasteiger partial charge in [-0.15, -0.1) is 0 Å². The van der Waals surface area contributed by atoms with E-state index in [9.17, 15) is 24.0 Å². The molecule has 0 bridgehead atoms. The van der Waals surface area contributed by atoms with Crippen LogP contribution in [0.15, 0.2) is 91.0 Å². The molecule has 0 aliphatic carbocycles. The molecule has 0 radical (unpaired) electrons. The number of carbonyl (C=O) groups is 5. The summed E-state index contributed by atoms with van der Waals surface area (Å²) in [5, 5.41) is 10.6. The summed E-state index contributed by atoms with van der Waals surface area (Å²) in [6, 6.07) is 23.6. The van der Waals surface area contributed by atoms with E-state index in [-0.39, 0.29) is 25.5 Å². The first kappa shape index (κ1) is 32.5. The molecule has 0 aliphatic rings. The number of ether oxygens (including phenoxy) is 1. The van der Waals surface area contributed by atoms with Crippen molar-refractivity contribution in [3.05, 3.63) is 108 Å². The van der Waals surface area contributed by atoms with E-state index in [4.69, 9.17) is 4.74 Å². The highest BCUT2D eigenvalue weighted by Gasteiger charge is 2.29. The van der Waals surface area contributed by atoms with Gasteiger partial charge < -0.3 is 30.8 Å². The van der Waals surface area contributed by atoms with Gasteiger partial charge in [-0.3, -0.25) is 14.4 Å². The third-order valence-corrected chi connectivity index (χ3v) is 6.45. The number of hydrogen-bond donors (Lipinski definition) is 4. The maximum Gasteiger partial charge on any atom is 0.408 e. The van der Waals surface area contributed by atoms with Crippen LogP contribution in [0.1, 0.15) is 41.8 Å². The molecule has 3 atom stereocenters. The van der Waals surface area contributed by atoms with Crippen molar-refractivity contribution in [2.75, 3.05) is 6.54 Å². The van der Waals surface area contributed by atoms with E-state index >= 15 is 0 Å². The third-order valence-electron chi connectivity index (χ3n) is 6.45. The minimum absolute atomic E-state index is 0.0373. The average Bonchev–Trinajstić information content (AvgIpc) is 3.02. The van der Waals surface area contributed by atoms with Crippen LogP contribution in [0.3, 0.4) is 0 Å². The molecule has 0 fully saturated rings. The summed E-state index contributed by atoms with van der Waals surface area (Å²) in [4.78, 5) is 63.6. The monoisotopic (exact) mass is 586 g/mol. The Kier molecular flexibility index (Phi) is 12.9. The van der Waals surface area contributed by atoms with Gasteiger partial charge in [0.25, 0.3) is 5.91 Å². The van der Waals surface area contributed by atoms with E-state index in [1.54, 1.807) is 30.3 Å². The van der Waals surface area contributed by atoms with Gasteiger partial charge in [0.15, 0.2) is 0 Å². The fraction of sp³-hybridized carbons (Fsp3) is 0.303. The lowest BCUT2D eigenvalue weighted by Crippen LogP contribution is -2.57. The molecule has 226 valence electrons. The standard InChI is InChI=1S/C33H38N4O6/c1-23(2)18-28(37-33(42)43-22-25-14-8-4-9-15-25)32(41)36-29(19-24-12-6-3-7-13-24)31(40)35-27(21-38)20-34-30(39)26-16-10-5-11-17-26/h3-17,21,23,27-29H,18-20,22H2,1-2H3,(H,34,39)(H,35,40)(H,36,41)(H,37,42)/t27-,28-,29-/m0/s1. The van der Waals surface area contributed by atoms with Gasteiger partial charge in [-0.05, 0) is 35.6 Å². The number of alkyl carbamates (subject to hydrolysis) is 1. The van der Waals surface area contributed by atoms with Crippen molar-refractivity contribution in [3.63, 3.8) is 0 Å². The summed E-state index contributed by atoms with van der Waals surface area (Å²) in [7, 11) is 0. The average molecular weight is 587 g/mol. The van der Waals surface area contributed by atoms with Crippen molar-refractivity contribution >= 4 is 30.1 Å². The molecule has 3 aromatic carbocycles. The van der Waals surface area contributed by atoms with Crippen molar-refractivity contribution in [1.82, 2.24) is 21.3 Å². The maximum absolute atomic E-state index is 13.4. The molecule has 0 saturated heterocycles. The van der Waals surface area contributed by atoms with Crippen molar-refractivity contribution in [2.45, 2.75) is 51.4 Å². The Labute approximate surface area is 251 Å². The lowest BCUT2D eigenvalue weighted by Gasteiger charge is -2.25. The molecular formula is C33H38N4O6. The number of aldehydes is 1. The number of nitrogens with one attached hydrogen (secondary N) is 4. The number of benzene rings is 3. The van der Waals surface area contributed by atoms with Crippen LogP contribution < -0.4 is 21.3 Å². The number of amides is 4. The zero-order valence-electron chi connectivity index (χ0n) is 24.3. The molecule has 0 saturated carbocycles. The second-order valence-electron chi connectivity index (χ2n) is 10.5. The van der Waals surface area contributed by atoms with Crippen LogP contribution in [-0.4, -0.2) is 54.8 Å². The fourth-order valence-corrected chi connectivity index (χ4v) is 4.25. The molecule has 3 aromatic rings. The zero-order valence-corrected chi connectivity index (χ0v) is 24.3. The van der Waals surface area contributed by atoms with Gasteiger partial charge in [-0.2, -0.15) is 0 Å². The number of hydrogen-bond acceptors (Lipinski definition) is 6. The summed E-state index contributed by atoms with van der Waals surface area (Å²) in [6.07, 6.45) is 0.196. The van der Waals surface area contributed by atoms with Crippen LogP contribution in [0.2, 0.25) is 0 Å². The Morgan fingerprint density at radius 1 is 0.721 bits per heavy atom. The van der Waals surface area contributed by atoms with Crippen molar-refractivity contribution in [2.24, 2.45) is 5.92 Å². The first-order valence-corrected chi connectivity index (χ1v) is 14.2. The zero-order chi connectivity index (χ0) is 31.0. The smallest absolute Gasteiger partial charge is 0.408 e. The topological polar surface area (TPSA) is 143 Å². The van der Waals surface area contributed by atoms with Crippen molar-refractivity contribution in [1.29, 1.82) is 0 Å². The highest BCUT2D eigenvalue weighted by Crippen LogP contribution is 2.09. The second-order valence-corrected chi connectivity index (χ2v) is 10.5. The summed E-state index contributed by atoms with van der Waals surface area (Å²) >= 11 is 0. The van der Waals surface area contributed by atoms with Gasteiger partial charge in [0.2, 0.25) is 11.8 Å². The Bertz CT molecular complexity index is 1340. The van der Waals surface area contributed by atoms with Gasteiger partial charge in [0, 0.05) is 18.5 Å². The first-order valence-electron chi connectivity index (χ1n) is 14.2. The van der Waals surface area contributed by atoms with E-state index in [1.807, 2.05) is 74.5 Å². The van der Waals surface area contributed by atoms with E-state index in [2.05, 4.69) is 21.3 Å². The summed E-state index contributed by atoms with van der Waals surface area (Å²) in [5.74, 6) is -1.53. The lowest BCUT2D eigenvalue weighted by molar-refractivity contribution is -0.131. The van der Waals surface area contributed by atoms with Crippen LogP contribution in [0.25, 0.3) is 0 Å². The quantitative estimate of drug-likeness (QED) is 0.202. The van der Waals surface area contributed by atoms with E-state index in [1.165, 1.54) is 0 Å². The third kappa shape index (κ3) is 11.4. The highest BCUT2D eigenvalue weighted by atomic mass is 16.5. The van der Waals surface area contributed by atoms with Crippen LogP contribution in [0, 0.1) is 5.92 Å². The minimum Gasteiger partial charge on any atom is -0.445 e. The molecular weight excluding hydrogens is 548 g/mol.